The normalized spacial score (nSPS) is 12.3. The van der Waals surface area contributed by atoms with Crippen LogP contribution in [0.25, 0.3) is 11.4 Å². The van der Waals surface area contributed by atoms with Crippen LogP contribution in [-0.4, -0.2) is 30.9 Å². The minimum atomic E-state index is -0.355. The highest BCUT2D eigenvalue weighted by atomic mass is 32.2. The number of hydrogen-bond donors (Lipinski definition) is 1. The van der Waals surface area contributed by atoms with Gasteiger partial charge in [0, 0.05) is 24.5 Å². The third kappa shape index (κ3) is 3.16. The molecule has 0 aliphatic heterocycles. The van der Waals surface area contributed by atoms with Crippen molar-refractivity contribution in [1.29, 1.82) is 0 Å². The standard InChI is InChI=1S/C13H17N5OS/c1-3-8-18-12(10-4-6-15-7-5-10)16-17-13(18)20-9(2)11(14)19/h4-7,9H,3,8H2,1-2H3,(H2,14,19)/t9-/m1/s1. The summed E-state index contributed by atoms with van der Waals surface area (Å²) in [6, 6.07) is 3.78. The number of pyridine rings is 1. The number of nitrogens with zero attached hydrogens (tertiary/aromatic N) is 4. The molecule has 1 atom stereocenters. The van der Waals surface area contributed by atoms with E-state index in [1.54, 1.807) is 19.3 Å². The van der Waals surface area contributed by atoms with E-state index in [2.05, 4.69) is 22.1 Å². The first-order valence-corrected chi connectivity index (χ1v) is 7.31. The Balaban J connectivity index is 2.35. The quantitative estimate of drug-likeness (QED) is 0.819. The van der Waals surface area contributed by atoms with Gasteiger partial charge in [0.05, 0.1) is 5.25 Å². The second-order valence-corrected chi connectivity index (χ2v) is 5.66. The molecule has 2 heterocycles. The number of thioether (sulfide) groups is 1. The van der Waals surface area contributed by atoms with E-state index in [0.29, 0.717) is 5.16 Å². The van der Waals surface area contributed by atoms with Crippen LogP contribution in [0.1, 0.15) is 20.3 Å². The van der Waals surface area contributed by atoms with Gasteiger partial charge in [-0.1, -0.05) is 18.7 Å². The Labute approximate surface area is 121 Å². The average Bonchev–Trinajstić information content (AvgIpc) is 2.83. The van der Waals surface area contributed by atoms with Crippen molar-refractivity contribution >= 4 is 17.7 Å². The van der Waals surface area contributed by atoms with Gasteiger partial charge in [0.1, 0.15) is 0 Å². The van der Waals surface area contributed by atoms with Gasteiger partial charge in [-0.25, -0.2) is 0 Å². The number of aromatic nitrogens is 4. The molecule has 2 N–H and O–H groups in total. The monoisotopic (exact) mass is 291 g/mol. The largest absolute Gasteiger partial charge is 0.369 e. The van der Waals surface area contributed by atoms with Gasteiger partial charge in [0.25, 0.3) is 0 Å². The van der Waals surface area contributed by atoms with Gasteiger partial charge < -0.3 is 10.3 Å². The van der Waals surface area contributed by atoms with E-state index < -0.39 is 0 Å². The van der Waals surface area contributed by atoms with Crippen molar-refractivity contribution in [1.82, 2.24) is 19.7 Å². The van der Waals surface area contributed by atoms with Crippen LogP contribution >= 0.6 is 11.8 Å². The van der Waals surface area contributed by atoms with Crippen LogP contribution in [-0.2, 0) is 11.3 Å². The van der Waals surface area contributed by atoms with Crippen molar-refractivity contribution in [3.8, 4) is 11.4 Å². The van der Waals surface area contributed by atoms with Crippen molar-refractivity contribution in [3.63, 3.8) is 0 Å². The smallest absolute Gasteiger partial charge is 0.230 e. The van der Waals surface area contributed by atoms with Gasteiger partial charge in [-0.15, -0.1) is 10.2 Å². The maximum atomic E-state index is 11.2. The lowest BCUT2D eigenvalue weighted by Crippen LogP contribution is -2.23. The summed E-state index contributed by atoms with van der Waals surface area (Å²) in [4.78, 5) is 15.2. The molecule has 0 unspecified atom stereocenters. The average molecular weight is 291 g/mol. The summed E-state index contributed by atoms with van der Waals surface area (Å²) in [6.07, 6.45) is 4.40. The molecule has 2 aromatic heterocycles. The van der Waals surface area contributed by atoms with E-state index in [4.69, 9.17) is 5.73 Å². The predicted molar refractivity (Wildman–Crippen MR) is 78.1 cm³/mol. The summed E-state index contributed by atoms with van der Waals surface area (Å²) < 4.78 is 2.01. The van der Waals surface area contributed by atoms with Crippen molar-refractivity contribution in [2.45, 2.75) is 37.2 Å². The molecule has 6 nitrogen and oxygen atoms in total. The molecule has 0 radical (unpaired) electrons. The molecule has 0 saturated carbocycles. The summed E-state index contributed by atoms with van der Waals surface area (Å²) in [5, 5.41) is 8.79. The van der Waals surface area contributed by atoms with Gasteiger partial charge in [0.15, 0.2) is 11.0 Å². The van der Waals surface area contributed by atoms with Crippen molar-refractivity contribution in [2.75, 3.05) is 0 Å². The SMILES string of the molecule is CCCn1c(S[C@H](C)C(N)=O)nnc1-c1ccncc1. The third-order valence-electron chi connectivity index (χ3n) is 2.79. The van der Waals surface area contributed by atoms with Crippen LogP contribution in [0.5, 0.6) is 0 Å². The first kappa shape index (κ1) is 14.5. The minimum absolute atomic E-state index is 0.333. The maximum absolute atomic E-state index is 11.2. The molecular weight excluding hydrogens is 274 g/mol. The van der Waals surface area contributed by atoms with Gasteiger partial charge in [0.2, 0.25) is 5.91 Å². The molecule has 0 fully saturated rings. The lowest BCUT2D eigenvalue weighted by Gasteiger charge is -2.10. The predicted octanol–water partition coefficient (Wildman–Crippen LogP) is 1.72. The summed E-state index contributed by atoms with van der Waals surface area (Å²) in [6.45, 7) is 4.64. The number of primary amides is 1. The summed E-state index contributed by atoms with van der Waals surface area (Å²) >= 11 is 1.33. The highest BCUT2D eigenvalue weighted by molar-refractivity contribution is 8.00. The molecule has 0 aromatic carbocycles. The van der Waals surface area contributed by atoms with Crippen molar-refractivity contribution in [2.24, 2.45) is 5.73 Å². The van der Waals surface area contributed by atoms with Gasteiger partial charge in [-0.3, -0.25) is 9.78 Å². The van der Waals surface area contributed by atoms with E-state index in [1.165, 1.54) is 11.8 Å². The molecule has 7 heteroatoms. The minimum Gasteiger partial charge on any atom is -0.369 e. The summed E-state index contributed by atoms with van der Waals surface area (Å²) in [7, 11) is 0. The lowest BCUT2D eigenvalue weighted by atomic mass is 10.2. The fourth-order valence-corrected chi connectivity index (χ4v) is 2.56. The fraction of sp³-hybridized carbons (Fsp3) is 0.385. The fourth-order valence-electron chi connectivity index (χ4n) is 1.73. The number of amides is 1. The molecule has 0 spiro atoms. The van der Waals surface area contributed by atoms with Crippen LogP contribution < -0.4 is 5.73 Å². The molecule has 2 aromatic rings. The Hall–Kier alpha value is -1.89. The summed E-state index contributed by atoms with van der Waals surface area (Å²) in [5.41, 5.74) is 6.26. The van der Waals surface area contributed by atoms with E-state index >= 15 is 0 Å². The molecular formula is C13H17N5OS. The Bertz CT molecular complexity index is 584. The number of nitrogens with two attached hydrogens (primary N) is 1. The number of carbonyl (C=O) groups excluding carboxylic acids is 1. The van der Waals surface area contributed by atoms with Crippen LogP contribution in [0.3, 0.4) is 0 Å². The number of rotatable bonds is 6. The molecule has 0 aliphatic carbocycles. The maximum Gasteiger partial charge on any atom is 0.230 e. The van der Waals surface area contributed by atoms with E-state index in [9.17, 15) is 4.79 Å². The molecule has 106 valence electrons. The second-order valence-electron chi connectivity index (χ2n) is 4.36. The summed E-state index contributed by atoms with van der Waals surface area (Å²) in [5.74, 6) is 0.430. The Morgan fingerprint density at radius 3 is 2.70 bits per heavy atom. The van der Waals surface area contributed by atoms with Crippen molar-refractivity contribution in [3.05, 3.63) is 24.5 Å². The first-order valence-electron chi connectivity index (χ1n) is 6.43. The van der Waals surface area contributed by atoms with Crippen LogP contribution in [0.4, 0.5) is 0 Å². The highest BCUT2D eigenvalue weighted by Gasteiger charge is 2.18. The van der Waals surface area contributed by atoms with Crippen molar-refractivity contribution < 1.29 is 4.79 Å². The molecule has 1 amide bonds. The van der Waals surface area contributed by atoms with Gasteiger partial charge in [-0.2, -0.15) is 0 Å². The highest BCUT2D eigenvalue weighted by Crippen LogP contribution is 2.26. The van der Waals surface area contributed by atoms with E-state index in [1.807, 2.05) is 16.7 Å². The lowest BCUT2D eigenvalue weighted by molar-refractivity contribution is -0.117. The topological polar surface area (TPSA) is 86.7 Å². The van der Waals surface area contributed by atoms with E-state index in [-0.39, 0.29) is 11.2 Å². The zero-order valence-electron chi connectivity index (χ0n) is 11.5. The third-order valence-corrected chi connectivity index (χ3v) is 3.88. The molecule has 20 heavy (non-hydrogen) atoms. The molecule has 2 rings (SSSR count). The number of hydrogen-bond acceptors (Lipinski definition) is 5. The van der Waals surface area contributed by atoms with Gasteiger partial charge in [-0.05, 0) is 25.5 Å². The van der Waals surface area contributed by atoms with Crippen LogP contribution in [0.2, 0.25) is 0 Å². The van der Waals surface area contributed by atoms with Crippen LogP contribution in [0, 0.1) is 0 Å². The Kier molecular flexibility index (Phi) is 4.73. The first-order chi connectivity index (χ1) is 9.63. The molecule has 0 aliphatic rings. The molecule has 0 bridgehead atoms. The zero-order valence-corrected chi connectivity index (χ0v) is 12.3. The Morgan fingerprint density at radius 1 is 1.40 bits per heavy atom. The number of carbonyl (C=O) groups is 1. The van der Waals surface area contributed by atoms with Crippen LogP contribution in [0.15, 0.2) is 29.7 Å². The zero-order chi connectivity index (χ0) is 14.5. The van der Waals surface area contributed by atoms with E-state index in [0.717, 1.165) is 24.4 Å². The second kappa shape index (κ2) is 6.51. The Morgan fingerprint density at radius 2 is 2.10 bits per heavy atom. The molecule has 0 saturated heterocycles. The van der Waals surface area contributed by atoms with Gasteiger partial charge >= 0.3 is 0 Å².